The summed E-state index contributed by atoms with van der Waals surface area (Å²) in [5, 5.41) is 4.84. The molecular formula is C10H18N2O3S. The molecule has 0 aliphatic rings. The minimum Gasteiger partial charge on any atom is -0.369 e. The van der Waals surface area contributed by atoms with Crippen LogP contribution in [0.2, 0.25) is 0 Å². The van der Waals surface area contributed by atoms with E-state index in [1.165, 1.54) is 0 Å². The third kappa shape index (κ3) is 3.24. The van der Waals surface area contributed by atoms with E-state index >= 15 is 0 Å². The molecule has 16 heavy (non-hydrogen) atoms. The summed E-state index contributed by atoms with van der Waals surface area (Å²) in [4.78, 5) is 0. The molecule has 0 spiro atoms. The molecule has 1 heterocycles. The van der Waals surface area contributed by atoms with E-state index in [1.807, 2.05) is 18.4 Å². The van der Waals surface area contributed by atoms with Crippen molar-refractivity contribution < 1.29 is 12.6 Å². The van der Waals surface area contributed by atoms with Gasteiger partial charge in [0.25, 0.3) is 0 Å². The van der Waals surface area contributed by atoms with Crippen LogP contribution in [0, 0.1) is 19.8 Å². The number of hydrogen-bond acceptors (Lipinski definition) is 3. The van der Waals surface area contributed by atoms with E-state index in [-0.39, 0.29) is 0 Å². The Bertz CT molecular complexity index is 474. The van der Waals surface area contributed by atoms with E-state index in [0.29, 0.717) is 11.7 Å². The van der Waals surface area contributed by atoms with Crippen LogP contribution >= 0.6 is 0 Å². The number of nitrogens with zero attached hydrogens (tertiary/aromatic N) is 1. The predicted molar refractivity (Wildman–Crippen MR) is 62.5 cm³/mol. The van der Waals surface area contributed by atoms with Crippen LogP contribution in [0.1, 0.15) is 25.2 Å². The predicted octanol–water partition coefficient (Wildman–Crippen LogP) is 1.34. The maximum Gasteiger partial charge on any atom is 0.380 e. The van der Waals surface area contributed by atoms with Crippen molar-refractivity contribution in [2.45, 2.75) is 34.2 Å². The monoisotopic (exact) mass is 246 g/mol. The maximum absolute atomic E-state index is 10.8. The van der Waals surface area contributed by atoms with Crippen molar-refractivity contribution in [3.8, 4) is 5.75 Å². The molecular weight excluding hydrogens is 228 g/mol. The highest BCUT2D eigenvalue weighted by molar-refractivity contribution is 7.84. The zero-order chi connectivity index (χ0) is 12.5. The smallest absolute Gasteiger partial charge is 0.369 e. The van der Waals surface area contributed by atoms with Crippen LogP contribution in [0.15, 0.2) is 6.07 Å². The van der Waals surface area contributed by atoms with Gasteiger partial charge in [0.2, 0.25) is 0 Å². The lowest BCUT2D eigenvalue weighted by Crippen LogP contribution is -2.19. The van der Waals surface area contributed by atoms with Crippen LogP contribution in [-0.2, 0) is 16.8 Å². The number of nitrogens with two attached hydrogens (primary N) is 1. The van der Waals surface area contributed by atoms with Gasteiger partial charge in [0.05, 0.1) is 5.69 Å². The summed E-state index contributed by atoms with van der Waals surface area (Å²) in [5.41, 5.74) is 1.74. The Morgan fingerprint density at radius 2 is 2.00 bits per heavy atom. The van der Waals surface area contributed by atoms with E-state index in [4.69, 9.17) is 9.32 Å². The summed E-state index contributed by atoms with van der Waals surface area (Å²) in [6.07, 6.45) is 0. The van der Waals surface area contributed by atoms with Crippen LogP contribution in [0.25, 0.3) is 0 Å². The van der Waals surface area contributed by atoms with Crippen molar-refractivity contribution in [3.63, 3.8) is 0 Å². The number of aryl methyl sites for hydroxylation is 1. The first-order valence-corrected chi connectivity index (χ1v) is 6.56. The van der Waals surface area contributed by atoms with Crippen LogP contribution in [-0.4, -0.2) is 13.0 Å². The quantitative estimate of drug-likeness (QED) is 0.871. The first-order chi connectivity index (χ1) is 7.20. The molecule has 0 amide bonds. The van der Waals surface area contributed by atoms with Gasteiger partial charge in [-0.1, -0.05) is 13.8 Å². The average Bonchev–Trinajstić information content (AvgIpc) is 2.29. The Kier molecular flexibility index (Phi) is 3.64. The van der Waals surface area contributed by atoms with Gasteiger partial charge in [-0.05, 0) is 19.8 Å². The molecule has 6 heteroatoms. The molecule has 0 atom stereocenters. The Hall–Kier alpha value is -1.01. The van der Waals surface area contributed by atoms with Crippen molar-refractivity contribution in [1.29, 1.82) is 0 Å². The van der Waals surface area contributed by atoms with Gasteiger partial charge in [-0.2, -0.15) is 13.6 Å². The second kappa shape index (κ2) is 4.47. The molecule has 1 aromatic heterocycles. The Balaban J connectivity index is 3.06. The Morgan fingerprint density at radius 3 is 2.44 bits per heavy atom. The summed E-state index contributed by atoms with van der Waals surface area (Å²) in [6.45, 7) is 8.74. The van der Waals surface area contributed by atoms with Crippen molar-refractivity contribution in [2.24, 2.45) is 11.1 Å². The van der Waals surface area contributed by atoms with Gasteiger partial charge in [-0.3, -0.25) is 0 Å². The SMILES string of the molecule is Cc1cc(OS(N)(=O)=O)c(C)n1CC(C)C. The number of hydrogen-bond donors (Lipinski definition) is 1. The highest BCUT2D eigenvalue weighted by Crippen LogP contribution is 2.24. The molecule has 0 unspecified atom stereocenters. The zero-order valence-electron chi connectivity index (χ0n) is 10.0. The van der Waals surface area contributed by atoms with Crippen molar-refractivity contribution in [3.05, 3.63) is 17.5 Å². The number of aromatic nitrogens is 1. The van der Waals surface area contributed by atoms with Crippen LogP contribution in [0.5, 0.6) is 5.75 Å². The lowest BCUT2D eigenvalue weighted by atomic mass is 10.2. The molecule has 0 fully saturated rings. The normalized spacial score (nSPS) is 12.1. The summed E-state index contributed by atoms with van der Waals surface area (Å²) in [5.74, 6) is 0.785. The van der Waals surface area contributed by atoms with Gasteiger partial charge in [0.15, 0.2) is 5.75 Å². The molecule has 0 bridgehead atoms. The molecule has 5 nitrogen and oxygen atoms in total. The second-order valence-corrected chi connectivity index (χ2v) is 5.47. The van der Waals surface area contributed by atoms with Crippen LogP contribution in [0.3, 0.4) is 0 Å². The average molecular weight is 246 g/mol. The van der Waals surface area contributed by atoms with Gasteiger partial charge in [0.1, 0.15) is 0 Å². The molecule has 0 aromatic carbocycles. The molecule has 0 aliphatic heterocycles. The summed E-state index contributed by atoms with van der Waals surface area (Å²) >= 11 is 0. The fourth-order valence-corrected chi connectivity index (χ4v) is 2.04. The maximum atomic E-state index is 10.8. The van der Waals surface area contributed by atoms with Crippen molar-refractivity contribution >= 4 is 10.3 Å². The number of rotatable bonds is 4. The largest absolute Gasteiger partial charge is 0.380 e. The highest BCUT2D eigenvalue weighted by Gasteiger charge is 2.15. The van der Waals surface area contributed by atoms with Gasteiger partial charge in [-0.25, -0.2) is 0 Å². The molecule has 0 saturated heterocycles. The summed E-state index contributed by atoms with van der Waals surface area (Å²) < 4.78 is 28.4. The van der Waals surface area contributed by atoms with E-state index < -0.39 is 10.3 Å². The molecule has 1 rings (SSSR count). The van der Waals surface area contributed by atoms with Crippen LogP contribution < -0.4 is 9.32 Å². The first-order valence-electron chi connectivity index (χ1n) is 5.09. The van der Waals surface area contributed by atoms with E-state index in [1.54, 1.807) is 6.07 Å². The molecule has 2 N–H and O–H groups in total. The van der Waals surface area contributed by atoms with Gasteiger partial charge >= 0.3 is 10.3 Å². The fourth-order valence-electron chi connectivity index (χ4n) is 1.63. The molecule has 92 valence electrons. The molecule has 1 aromatic rings. The van der Waals surface area contributed by atoms with Gasteiger partial charge in [-0.15, -0.1) is 0 Å². The van der Waals surface area contributed by atoms with Crippen molar-refractivity contribution in [1.82, 2.24) is 4.57 Å². The highest BCUT2D eigenvalue weighted by atomic mass is 32.2. The first kappa shape index (κ1) is 13.1. The molecule has 0 radical (unpaired) electrons. The summed E-state index contributed by atoms with van der Waals surface area (Å²) in [7, 11) is -3.94. The third-order valence-corrected chi connectivity index (χ3v) is 2.69. The fraction of sp³-hybridized carbons (Fsp3) is 0.600. The van der Waals surface area contributed by atoms with Gasteiger partial charge in [0, 0.05) is 18.3 Å². The van der Waals surface area contributed by atoms with E-state index in [0.717, 1.165) is 17.9 Å². The zero-order valence-corrected chi connectivity index (χ0v) is 10.8. The van der Waals surface area contributed by atoms with E-state index in [9.17, 15) is 8.42 Å². The lowest BCUT2D eigenvalue weighted by molar-refractivity contribution is 0.477. The van der Waals surface area contributed by atoms with Gasteiger partial charge < -0.3 is 8.75 Å². The summed E-state index contributed by atoms with van der Waals surface area (Å²) in [6, 6.07) is 1.68. The van der Waals surface area contributed by atoms with Crippen molar-refractivity contribution in [2.75, 3.05) is 0 Å². The second-order valence-electron chi connectivity index (χ2n) is 4.32. The minimum absolute atomic E-state index is 0.306. The molecule has 0 aliphatic carbocycles. The topological polar surface area (TPSA) is 74.3 Å². The molecule has 0 saturated carbocycles. The van der Waals surface area contributed by atoms with E-state index in [2.05, 4.69) is 13.8 Å². The third-order valence-electron chi connectivity index (χ3n) is 2.28. The standard InChI is InChI=1S/C10H18N2O3S/c1-7(2)6-12-8(3)5-10(9(12)4)15-16(11,13)14/h5,7H,6H2,1-4H3,(H2,11,13,14). The van der Waals surface area contributed by atoms with Crippen LogP contribution in [0.4, 0.5) is 0 Å². The Morgan fingerprint density at radius 1 is 1.44 bits per heavy atom. The Labute approximate surface area is 96.5 Å². The lowest BCUT2D eigenvalue weighted by Gasteiger charge is -2.11. The minimum atomic E-state index is -3.94.